The lowest BCUT2D eigenvalue weighted by Crippen LogP contribution is -1.88. The second-order valence-electron chi connectivity index (χ2n) is 2.44. The van der Waals surface area contributed by atoms with Gasteiger partial charge in [0.15, 0.2) is 0 Å². The third-order valence-electron chi connectivity index (χ3n) is 0.677. The maximum Gasteiger partial charge on any atom is 0.261 e. The van der Waals surface area contributed by atoms with Crippen molar-refractivity contribution in [2.75, 3.05) is 6.26 Å². The first-order valence-electron chi connectivity index (χ1n) is 3.34. The molecule has 0 saturated heterocycles. The highest BCUT2D eigenvalue weighted by Gasteiger charge is 1.81. The van der Waals surface area contributed by atoms with Crippen LogP contribution in [0.1, 0.15) is 26.7 Å². The third-order valence-corrected chi connectivity index (χ3v) is 0.677. The summed E-state index contributed by atoms with van der Waals surface area (Å²) in [5.74, 6) is 0. The Balaban J connectivity index is 0. The van der Waals surface area contributed by atoms with E-state index in [1.54, 1.807) is 0 Å². The molecule has 4 heteroatoms. The Labute approximate surface area is 68.9 Å². The maximum absolute atomic E-state index is 9.19. The molecule has 0 aliphatic heterocycles. The maximum atomic E-state index is 9.19. The molecule has 0 aliphatic carbocycles. The lowest BCUT2D eigenvalue weighted by molar-refractivity contribution is 0.490. The van der Waals surface area contributed by atoms with E-state index in [0.29, 0.717) is 6.26 Å². The van der Waals surface area contributed by atoms with Crippen LogP contribution in [0, 0.1) is 0 Å². The summed E-state index contributed by atoms with van der Waals surface area (Å²) in [6.45, 7) is 7.97. The van der Waals surface area contributed by atoms with Crippen LogP contribution in [0.4, 0.5) is 0 Å². The predicted octanol–water partition coefficient (Wildman–Crippen LogP) is 1.87. The van der Waals surface area contributed by atoms with Crippen LogP contribution in [0.5, 0.6) is 0 Å². The van der Waals surface area contributed by atoms with Gasteiger partial charge in [0.05, 0.1) is 6.26 Å². The molecule has 0 heterocycles. The molecule has 0 saturated carbocycles. The van der Waals surface area contributed by atoms with Crippen LogP contribution in [-0.4, -0.2) is 19.2 Å². The third kappa shape index (κ3) is 80.4. The molecule has 11 heavy (non-hydrogen) atoms. The van der Waals surface area contributed by atoms with E-state index in [1.165, 1.54) is 18.4 Å². The molecule has 0 fully saturated rings. The second-order valence-corrected chi connectivity index (χ2v) is 3.91. The largest absolute Gasteiger partial charge is 0.286 e. The van der Waals surface area contributed by atoms with Crippen LogP contribution < -0.4 is 0 Å². The van der Waals surface area contributed by atoms with Gasteiger partial charge in [0.2, 0.25) is 0 Å². The molecule has 0 unspecified atom stereocenters. The molecule has 0 aliphatic rings. The van der Waals surface area contributed by atoms with Crippen LogP contribution in [0.2, 0.25) is 0 Å². The molecular formula is C7H16O3S. The van der Waals surface area contributed by atoms with Gasteiger partial charge in [-0.2, -0.15) is 8.42 Å². The fourth-order valence-corrected chi connectivity index (χ4v) is 0.427. The minimum Gasteiger partial charge on any atom is -0.286 e. The van der Waals surface area contributed by atoms with Crippen molar-refractivity contribution in [3.8, 4) is 0 Å². The molecule has 0 radical (unpaired) electrons. The SMILES string of the molecule is C=C(C)CCC.CS(=O)(=O)O. The fourth-order valence-electron chi connectivity index (χ4n) is 0.427. The van der Waals surface area contributed by atoms with E-state index in [2.05, 4.69) is 20.4 Å². The number of rotatable bonds is 2. The van der Waals surface area contributed by atoms with Crippen molar-refractivity contribution >= 4 is 10.1 Å². The Morgan fingerprint density at radius 2 is 1.82 bits per heavy atom. The van der Waals surface area contributed by atoms with Gasteiger partial charge < -0.3 is 0 Å². The van der Waals surface area contributed by atoms with Crippen molar-refractivity contribution < 1.29 is 13.0 Å². The number of hydrogen-bond donors (Lipinski definition) is 1. The van der Waals surface area contributed by atoms with Gasteiger partial charge in [-0.15, -0.1) is 6.58 Å². The summed E-state index contributed by atoms with van der Waals surface area (Å²) in [6, 6.07) is 0. The minimum absolute atomic E-state index is 0.715. The monoisotopic (exact) mass is 180 g/mol. The summed E-state index contributed by atoms with van der Waals surface area (Å²) in [5.41, 5.74) is 1.29. The lowest BCUT2D eigenvalue weighted by Gasteiger charge is -1.87. The first kappa shape index (κ1) is 13.3. The molecule has 0 bridgehead atoms. The van der Waals surface area contributed by atoms with Crippen molar-refractivity contribution in [3.63, 3.8) is 0 Å². The van der Waals surface area contributed by atoms with Gasteiger partial charge >= 0.3 is 0 Å². The van der Waals surface area contributed by atoms with E-state index in [9.17, 15) is 8.42 Å². The van der Waals surface area contributed by atoms with Crippen LogP contribution in [0.25, 0.3) is 0 Å². The summed E-state index contributed by atoms with van der Waals surface area (Å²) in [7, 11) is -3.67. The lowest BCUT2D eigenvalue weighted by atomic mass is 10.2. The highest BCUT2D eigenvalue weighted by Crippen LogP contribution is 1.96. The van der Waals surface area contributed by atoms with Crippen molar-refractivity contribution in [2.45, 2.75) is 26.7 Å². The summed E-state index contributed by atoms with van der Waals surface area (Å²) in [6.07, 6.45) is 3.13. The molecule has 68 valence electrons. The van der Waals surface area contributed by atoms with Gasteiger partial charge in [-0.1, -0.05) is 18.9 Å². The van der Waals surface area contributed by atoms with E-state index in [0.717, 1.165) is 0 Å². The average molecular weight is 180 g/mol. The zero-order valence-electron chi connectivity index (χ0n) is 7.29. The first-order valence-corrected chi connectivity index (χ1v) is 5.19. The topological polar surface area (TPSA) is 54.4 Å². The van der Waals surface area contributed by atoms with E-state index in [4.69, 9.17) is 4.55 Å². The van der Waals surface area contributed by atoms with Gasteiger partial charge in [0, 0.05) is 0 Å². The predicted molar refractivity (Wildman–Crippen MR) is 47.2 cm³/mol. The van der Waals surface area contributed by atoms with E-state index in [1.807, 2.05) is 0 Å². The molecule has 0 spiro atoms. The highest BCUT2D eigenvalue weighted by molar-refractivity contribution is 7.85. The van der Waals surface area contributed by atoms with Crippen molar-refractivity contribution in [1.82, 2.24) is 0 Å². The normalized spacial score (nSPS) is 9.82. The molecule has 0 amide bonds. The zero-order chi connectivity index (χ0) is 9.49. The van der Waals surface area contributed by atoms with Crippen molar-refractivity contribution in [3.05, 3.63) is 12.2 Å². The standard InChI is InChI=1S/C6H12.CH4O3S/c1-4-5-6(2)3;1-5(2,3)4/h2,4-5H2,1,3H3;1H3,(H,2,3,4). The molecule has 0 aromatic rings. The van der Waals surface area contributed by atoms with Gasteiger partial charge in [0.1, 0.15) is 0 Å². The van der Waals surface area contributed by atoms with Crippen LogP contribution in [-0.2, 0) is 10.1 Å². The highest BCUT2D eigenvalue weighted by atomic mass is 32.2. The number of allylic oxidation sites excluding steroid dienone is 1. The summed E-state index contributed by atoms with van der Waals surface area (Å²) in [4.78, 5) is 0. The average Bonchev–Trinajstić information content (AvgIpc) is 1.58. The Hall–Kier alpha value is -0.350. The molecule has 3 nitrogen and oxygen atoms in total. The summed E-state index contributed by atoms with van der Waals surface area (Å²) >= 11 is 0. The molecule has 0 aromatic heterocycles. The fraction of sp³-hybridized carbons (Fsp3) is 0.714. The Morgan fingerprint density at radius 1 is 1.55 bits per heavy atom. The van der Waals surface area contributed by atoms with E-state index >= 15 is 0 Å². The molecular weight excluding hydrogens is 164 g/mol. The van der Waals surface area contributed by atoms with Gasteiger partial charge in [-0.25, -0.2) is 0 Å². The van der Waals surface area contributed by atoms with Gasteiger partial charge in [-0.05, 0) is 13.3 Å². The van der Waals surface area contributed by atoms with Crippen molar-refractivity contribution in [2.24, 2.45) is 0 Å². The van der Waals surface area contributed by atoms with E-state index in [-0.39, 0.29) is 0 Å². The van der Waals surface area contributed by atoms with Crippen molar-refractivity contribution in [1.29, 1.82) is 0 Å². The Bertz CT molecular complexity index is 184. The first-order chi connectivity index (χ1) is 4.77. The van der Waals surface area contributed by atoms with Gasteiger partial charge in [-0.3, -0.25) is 4.55 Å². The molecule has 0 atom stereocenters. The molecule has 0 rings (SSSR count). The number of hydrogen-bond acceptors (Lipinski definition) is 2. The summed E-state index contributed by atoms with van der Waals surface area (Å²) < 4.78 is 25.9. The van der Waals surface area contributed by atoms with Crippen LogP contribution in [0.3, 0.4) is 0 Å². The van der Waals surface area contributed by atoms with Crippen LogP contribution in [0.15, 0.2) is 12.2 Å². The second kappa shape index (κ2) is 6.37. The minimum atomic E-state index is -3.67. The smallest absolute Gasteiger partial charge is 0.261 e. The zero-order valence-corrected chi connectivity index (χ0v) is 8.11. The summed E-state index contributed by atoms with van der Waals surface area (Å²) in [5, 5.41) is 0. The van der Waals surface area contributed by atoms with Gasteiger partial charge in [0.25, 0.3) is 10.1 Å². The Morgan fingerprint density at radius 3 is 1.82 bits per heavy atom. The molecule has 0 aromatic carbocycles. The molecule has 1 N–H and O–H groups in total. The Kier molecular flexibility index (Phi) is 7.67. The quantitative estimate of drug-likeness (QED) is 0.521. The van der Waals surface area contributed by atoms with E-state index < -0.39 is 10.1 Å². The van der Waals surface area contributed by atoms with Crippen LogP contribution >= 0.6 is 0 Å².